The van der Waals surface area contributed by atoms with E-state index in [1.807, 2.05) is 66.7 Å². The van der Waals surface area contributed by atoms with Gasteiger partial charge in [-0.2, -0.15) is 0 Å². The summed E-state index contributed by atoms with van der Waals surface area (Å²) in [5.74, 6) is -2.83. The van der Waals surface area contributed by atoms with Gasteiger partial charge in [0.1, 0.15) is 17.4 Å². The molecule has 2 unspecified atom stereocenters. The second-order valence-electron chi connectivity index (χ2n) is 8.72. The number of fused-ring (bicyclic) bond motifs is 2. The lowest BCUT2D eigenvalue weighted by molar-refractivity contribution is -0.146. The van der Waals surface area contributed by atoms with Gasteiger partial charge in [-0.05, 0) is 59.7 Å². The number of pyridine rings is 1. The Balaban J connectivity index is 1.60. The monoisotopic (exact) mass is 492 g/mol. The van der Waals surface area contributed by atoms with Crippen molar-refractivity contribution < 1.29 is 18.7 Å². The summed E-state index contributed by atoms with van der Waals surface area (Å²) < 4.78 is 19.2. The van der Waals surface area contributed by atoms with Gasteiger partial charge in [0.15, 0.2) is 5.78 Å². The maximum absolute atomic E-state index is 13.9. The molecule has 1 heterocycles. The molecule has 0 aliphatic carbocycles. The molecule has 6 heteroatoms. The summed E-state index contributed by atoms with van der Waals surface area (Å²) in [5, 5.41) is 6.31. The molecule has 0 saturated heterocycles. The molecule has 5 aromatic rings. The third-order valence-corrected chi connectivity index (χ3v) is 6.31. The van der Waals surface area contributed by atoms with Gasteiger partial charge < -0.3 is 10.1 Å². The molecule has 0 fully saturated rings. The van der Waals surface area contributed by atoms with E-state index >= 15 is 0 Å². The van der Waals surface area contributed by atoms with E-state index in [4.69, 9.17) is 4.74 Å². The van der Waals surface area contributed by atoms with Crippen LogP contribution in [0.2, 0.25) is 0 Å². The number of para-hydroxylation sites is 1. The summed E-state index contributed by atoms with van der Waals surface area (Å²) in [5.41, 5.74) is 2.09. The molecule has 0 aliphatic rings. The maximum Gasteiger partial charge on any atom is 0.319 e. The number of nitrogens with zero attached hydrogens (tertiary/aromatic N) is 1. The zero-order valence-electron chi connectivity index (χ0n) is 20.2. The summed E-state index contributed by atoms with van der Waals surface area (Å²) in [6.07, 6.45) is 0. The first-order valence-corrected chi connectivity index (χ1v) is 12.1. The van der Waals surface area contributed by atoms with E-state index in [-0.39, 0.29) is 12.3 Å². The van der Waals surface area contributed by atoms with E-state index in [1.54, 1.807) is 31.2 Å². The van der Waals surface area contributed by atoms with E-state index in [0.29, 0.717) is 16.8 Å². The van der Waals surface area contributed by atoms with Crippen LogP contribution in [-0.4, -0.2) is 23.3 Å². The number of rotatable bonds is 8. The minimum atomic E-state index is -1.26. The molecule has 0 radical (unpaired) electrons. The number of Topliss-reactive ketones (excluding diaryl/α,β-unsaturated/α-hetero) is 1. The fourth-order valence-corrected chi connectivity index (χ4v) is 4.48. The van der Waals surface area contributed by atoms with Crippen LogP contribution in [0.3, 0.4) is 0 Å². The van der Waals surface area contributed by atoms with Crippen molar-refractivity contribution in [3.05, 3.63) is 120 Å². The van der Waals surface area contributed by atoms with Gasteiger partial charge in [0.05, 0.1) is 18.2 Å². The second kappa shape index (κ2) is 10.6. The molecule has 37 heavy (non-hydrogen) atoms. The van der Waals surface area contributed by atoms with Gasteiger partial charge >= 0.3 is 5.97 Å². The normalized spacial score (nSPS) is 12.7. The van der Waals surface area contributed by atoms with E-state index in [1.165, 1.54) is 12.1 Å². The lowest BCUT2D eigenvalue weighted by Gasteiger charge is -2.27. The van der Waals surface area contributed by atoms with Gasteiger partial charge in [-0.25, -0.2) is 9.37 Å². The molecule has 5 rings (SSSR count). The van der Waals surface area contributed by atoms with Gasteiger partial charge in [0.25, 0.3) is 0 Å². The Hall–Kier alpha value is -4.58. The van der Waals surface area contributed by atoms with Crippen molar-refractivity contribution in [1.82, 2.24) is 4.98 Å². The number of hydrogen-bond donors (Lipinski definition) is 1. The topological polar surface area (TPSA) is 68.3 Å². The van der Waals surface area contributed by atoms with Crippen molar-refractivity contribution in [2.24, 2.45) is 5.92 Å². The predicted molar refractivity (Wildman–Crippen MR) is 143 cm³/mol. The Morgan fingerprint density at radius 1 is 0.838 bits per heavy atom. The van der Waals surface area contributed by atoms with Gasteiger partial charge in [-0.15, -0.1) is 0 Å². The van der Waals surface area contributed by atoms with E-state index < -0.39 is 29.5 Å². The molecular weight excluding hydrogens is 467 g/mol. The summed E-state index contributed by atoms with van der Waals surface area (Å²) in [4.78, 5) is 31.8. The number of halogens is 1. The highest BCUT2D eigenvalue weighted by molar-refractivity contribution is 6.09. The fraction of sp³-hybridized carbons (Fsp3) is 0.129. The van der Waals surface area contributed by atoms with Crippen LogP contribution < -0.4 is 5.32 Å². The highest BCUT2D eigenvalue weighted by Crippen LogP contribution is 2.32. The first-order valence-electron chi connectivity index (χ1n) is 12.1. The number of carbonyl (C=O) groups excluding carboxylic acids is 2. The number of anilines is 1. The van der Waals surface area contributed by atoms with Crippen molar-refractivity contribution in [3.63, 3.8) is 0 Å². The summed E-state index contributed by atoms with van der Waals surface area (Å²) in [6.45, 7) is 1.80. The molecule has 0 bridgehead atoms. The number of esters is 1. The van der Waals surface area contributed by atoms with Gasteiger partial charge in [0, 0.05) is 11.1 Å². The number of carbonyl (C=O) groups is 2. The third kappa shape index (κ3) is 5.19. The first-order chi connectivity index (χ1) is 18.0. The van der Waals surface area contributed by atoms with Crippen molar-refractivity contribution in [2.75, 3.05) is 11.9 Å². The predicted octanol–water partition coefficient (Wildman–Crippen LogP) is 6.74. The summed E-state index contributed by atoms with van der Waals surface area (Å²) in [7, 11) is 0. The van der Waals surface area contributed by atoms with Crippen LogP contribution in [0.25, 0.3) is 21.7 Å². The SMILES string of the molecule is CCOC(=O)C(C(=O)c1ccc2ccccc2n1)C(Nc1ccc2ccccc2c1)c1ccc(F)cc1. The van der Waals surface area contributed by atoms with Crippen LogP contribution in [0.15, 0.2) is 103 Å². The molecule has 0 aliphatic heterocycles. The molecule has 0 spiro atoms. The van der Waals surface area contributed by atoms with Crippen LogP contribution in [0.5, 0.6) is 0 Å². The van der Waals surface area contributed by atoms with Crippen LogP contribution in [-0.2, 0) is 9.53 Å². The molecule has 0 amide bonds. The Labute approximate surface area is 213 Å². The third-order valence-electron chi connectivity index (χ3n) is 6.31. The maximum atomic E-state index is 13.9. The highest BCUT2D eigenvalue weighted by Gasteiger charge is 2.38. The molecule has 0 saturated carbocycles. The van der Waals surface area contributed by atoms with Crippen LogP contribution in [0.1, 0.15) is 29.0 Å². The fourth-order valence-electron chi connectivity index (χ4n) is 4.48. The number of aromatic nitrogens is 1. The first kappa shape index (κ1) is 24.1. The van der Waals surface area contributed by atoms with Crippen LogP contribution >= 0.6 is 0 Å². The van der Waals surface area contributed by atoms with Gasteiger partial charge in [-0.1, -0.05) is 66.7 Å². The largest absolute Gasteiger partial charge is 0.465 e. The number of benzene rings is 4. The van der Waals surface area contributed by atoms with Crippen LogP contribution in [0.4, 0.5) is 10.1 Å². The van der Waals surface area contributed by atoms with Gasteiger partial charge in [-0.3, -0.25) is 9.59 Å². The number of hydrogen-bond acceptors (Lipinski definition) is 5. The van der Waals surface area contributed by atoms with Crippen molar-refractivity contribution >= 4 is 39.1 Å². The molecule has 1 N–H and O–H groups in total. The summed E-state index contributed by atoms with van der Waals surface area (Å²) in [6, 6.07) is 29.5. The molecular formula is C31H25FN2O3. The van der Waals surface area contributed by atoms with E-state index in [2.05, 4.69) is 10.3 Å². The lowest BCUT2D eigenvalue weighted by Crippen LogP contribution is -2.36. The molecule has 184 valence electrons. The quantitative estimate of drug-likeness (QED) is 0.148. The standard InChI is InChI=1S/C31H25FN2O3/c1-2-37-31(36)28(30(35)27-18-14-21-8-5-6-10-26(21)34-27)29(22-11-15-24(32)16-12-22)33-25-17-13-20-7-3-4-9-23(20)19-25/h3-19,28-29,33H,2H2,1H3. The molecule has 2 atom stereocenters. The zero-order chi connectivity index (χ0) is 25.8. The van der Waals surface area contributed by atoms with E-state index in [9.17, 15) is 14.0 Å². The average molecular weight is 493 g/mol. The highest BCUT2D eigenvalue weighted by atomic mass is 19.1. The average Bonchev–Trinajstić information content (AvgIpc) is 2.93. The molecule has 4 aromatic carbocycles. The molecule has 5 nitrogen and oxygen atoms in total. The Morgan fingerprint density at radius 2 is 1.51 bits per heavy atom. The van der Waals surface area contributed by atoms with Crippen LogP contribution in [0, 0.1) is 11.7 Å². The Morgan fingerprint density at radius 3 is 2.27 bits per heavy atom. The van der Waals surface area contributed by atoms with Crippen molar-refractivity contribution in [1.29, 1.82) is 0 Å². The van der Waals surface area contributed by atoms with Gasteiger partial charge in [0.2, 0.25) is 0 Å². The molecule has 1 aromatic heterocycles. The number of nitrogens with one attached hydrogen (secondary N) is 1. The minimum Gasteiger partial charge on any atom is -0.465 e. The summed E-state index contributed by atoms with van der Waals surface area (Å²) >= 11 is 0. The second-order valence-corrected chi connectivity index (χ2v) is 8.72. The smallest absolute Gasteiger partial charge is 0.319 e. The number of ether oxygens (including phenoxy) is 1. The van der Waals surface area contributed by atoms with Crippen molar-refractivity contribution in [2.45, 2.75) is 13.0 Å². The van der Waals surface area contributed by atoms with E-state index in [0.717, 1.165) is 16.2 Å². The Kier molecular flexibility index (Phi) is 6.90. The zero-order valence-corrected chi connectivity index (χ0v) is 20.2. The Bertz CT molecular complexity index is 1580. The number of ketones is 1. The lowest BCUT2D eigenvalue weighted by atomic mass is 9.87. The van der Waals surface area contributed by atoms with Crippen molar-refractivity contribution in [3.8, 4) is 0 Å². The minimum absolute atomic E-state index is 0.111.